The van der Waals surface area contributed by atoms with Crippen molar-refractivity contribution >= 4 is 11.0 Å². The zero-order chi connectivity index (χ0) is 17.9. The normalized spacial score (nSPS) is 11.0. The summed E-state index contributed by atoms with van der Waals surface area (Å²) in [4.78, 5) is 4.80. The largest absolute Gasteiger partial charge is 0.486 e. The van der Waals surface area contributed by atoms with Gasteiger partial charge in [-0.3, -0.25) is 0 Å². The predicted molar refractivity (Wildman–Crippen MR) is 106 cm³/mol. The third kappa shape index (κ3) is 3.47. The van der Waals surface area contributed by atoms with Crippen molar-refractivity contribution in [3.05, 3.63) is 95.3 Å². The van der Waals surface area contributed by atoms with Gasteiger partial charge in [-0.05, 0) is 49.2 Å². The van der Waals surface area contributed by atoms with E-state index >= 15 is 0 Å². The molecule has 0 amide bonds. The molecule has 0 bridgehead atoms. The van der Waals surface area contributed by atoms with Crippen molar-refractivity contribution in [1.82, 2.24) is 9.55 Å². The van der Waals surface area contributed by atoms with E-state index in [-0.39, 0.29) is 0 Å². The highest BCUT2D eigenvalue weighted by atomic mass is 16.5. The number of imidazole rings is 1. The van der Waals surface area contributed by atoms with Crippen LogP contribution in [0.3, 0.4) is 0 Å². The Labute approximate surface area is 153 Å². The Kier molecular flexibility index (Phi) is 4.44. The molecule has 3 heteroatoms. The van der Waals surface area contributed by atoms with Crippen LogP contribution < -0.4 is 4.74 Å². The first-order valence-electron chi connectivity index (χ1n) is 8.88. The van der Waals surface area contributed by atoms with Gasteiger partial charge in [-0.1, -0.05) is 54.1 Å². The lowest BCUT2D eigenvalue weighted by molar-refractivity contribution is 0.291. The molecule has 1 heterocycles. The summed E-state index contributed by atoms with van der Waals surface area (Å²) in [5.74, 6) is 1.81. The Balaban J connectivity index is 1.65. The molecule has 0 atom stereocenters. The van der Waals surface area contributed by atoms with Crippen LogP contribution in [0.4, 0.5) is 0 Å². The monoisotopic (exact) mass is 342 g/mol. The third-order valence-corrected chi connectivity index (χ3v) is 4.55. The van der Waals surface area contributed by atoms with E-state index in [1.165, 1.54) is 16.7 Å². The van der Waals surface area contributed by atoms with Crippen molar-refractivity contribution in [2.45, 2.75) is 27.0 Å². The lowest BCUT2D eigenvalue weighted by Gasteiger charge is -2.11. The Morgan fingerprint density at radius 1 is 0.846 bits per heavy atom. The van der Waals surface area contributed by atoms with Crippen LogP contribution in [0.5, 0.6) is 5.75 Å². The summed E-state index contributed by atoms with van der Waals surface area (Å²) < 4.78 is 8.26. The summed E-state index contributed by atoms with van der Waals surface area (Å²) in [5.41, 5.74) is 5.86. The van der Waals surface area contributed by atoms with E-state index in [2.05, 4.69) is 66.9 Å². The fourth-order valence-electron chi connectivity index (χ4n) is 3.14. The van der Waals surface area contributed by atoms with Crippen molar-refractivity contribution in [2.24, 2.45) is 0 Å². The van der Waals surface area contributed by atoms with Gasteiger partial charge in [0.15, 0.2) is 0 Å². The Hall–Kier alpha value is -3.07. The molecule has 0 aliphatic rings. The molecule has 0 fully saturated rings. The van der Waals surface area contributed by atoms with E-state index in [9.17, 15) is 0 Å². The fourth-order valence-corrected chi connectivity index (χ4v) is 3.14. The summed E-state index contributed by atoms with van der Waals surface area (Å²) in [6.07, 6.45) is 0. The quantitative estimate of drug-likeness (QED) is 0.493. The maximum atomic E-state index is 6.02. The first-order valence-corrected chi connectivity index (χ1v) is 8.88. The number of aryl methyl sites for hydroxylation is 2. The van der Waals surface area contributed by atoms with Crippen LogP contribution in [0.25, 0.3) is 11.0 Å². The number of benzene rings is 3. The number of ether oxygens (including phenoxy) is 1. The predicted octanol–water partition coefficient (Wildman–Crippen LogP) is 5.28. The van der Waals surface area contributed by atoms with Gasteiger partial charge < -0.3 is 9.30 Å². The molecule has 130 valence electrons. The second kappa shape index (κ2) is 7.04. The molecule has 3 aromatic carbocycles. The zero-order valence-electron chi connectivity index (χ0n) is 15.1. The summed E-state index contributed by atoms with van der Waals surface area (Å²) in [7, 11) is 0. The number of nitrogens with zero attached hydrogens (tertiary/aromatic N) is 2. The highest BCUT2D eigenvalue weighted by Crippen LogP contribution is 2.20. The van der Waals surface area contributed by atoms with Crippen LogP contribution >= 0.6 is 0 Å². The summed E-state index contributed by atoms with van der Waals surface area (Å²) in [6, 6.07) is 25.0. The van der Waals surface area contributed by atoms with Crippen molar-refractivity contribution in [1.29, 1.82) is 0 Å². The van der Waals surface area contributed by atoms with Gasteiger partial charge in [-0.15, -0.1) is 0 Å². The van der Waals surface area contributed by atoms with Gasteiger partial charge in [0.05, 0.1) is 11.0 Å². The Morgan fingerprint density at radius 3 is 2.46 bits per heavy atom. The lowest BCUT2D eigenvalue weighted by Crippen LogP contribution is -2.08. The minimum absolute atomic E-state index is 0.448. The Morgan fingerprint density at radius 2 is 1.65 bits per heavy atom. The van der Waals surface area contributed by atoms with Gasteiger partial charge in [0.25, 0.3) is 0 Å². The molecule has 0 aliphatic carbocycles. The maximum Gasteiger partial charge on any atom is 0.148 e. The molecule has 0 N–H and O–H groups in total. The van der Waals surface area contributed by atoms with Crippen LogP contribution in [0.1, 0.15) is 22.5 Å². The van der Waals surface area contributed by atoms with Crippen LogP contribution in [-0.2, 0) is 13.2 Å². The van der Waals surface area contributed by atoms with Crippen molar-refractivity contribution in [3.8, 4) is 5.75 Å². The van der Waals surface area contributed by atoms with E-state index in [1.807, 2.05) is 24.3 Å². The molecule has 26 heavy (non-hydrogen) atoms. The second-order valence-corrected chi connectivity index (χ2v) is 6.69. The molecular weight excluding hydrogens is 320 g/mol. The minimum Gasteiger partial charge on any atom is -0.486 e. The summed E-state index contributed by atoms with van der Waals surface area (Å²) in [6.45, 7) is 5.41. The average Bonchev–Trinajstić information content (AvgIpc) is 3.00. The van der Waals surface area contributed by atoms with E-state index in [1.54, 1.807) is 0 Å². The maximum absolute atomic E-state index is 6.02. The molecule has 0 saturated heterocycles. The molecule has 0 aliphatic heterocycles. The minimum atomic E-state index is 0.448. The molecule has 0 saturated carbocycles. The molecule has 0 radical (unpaired) electrons. The van der Waals surface area contributed by atoms with Gasteiger partial charge in [0.1, 0.15) is 18.2 Å². The van der Waals surface area contributed by atoms with Crippen molar-refractivity contribution in [2.75, 3.05) is 0 Å². The van der Waals surface area contributed by atoms with Gasteiger partial charge >= 0.3 is 0 Å². The van der Waals surface area contributed by atoms with Gasteiger partial charge in [-0.2, -0.15) is 0 Å². The Bertz CT molecular complexity index is 1030. The molecule has 0 unspecified atom stereocenters. The van der Waals surface area contributed by atoms with Crippen LogP contribution in [0.15, 0.2) is 72.8 Å². The van der Waals surface area contributed by atoms with Crippen molar-refractivity contribution < 1.29 is 4.74 Å². The average molecular weight is 342 g/mol. The first-order chi connectivity index (χ1) is 12.7. The van der Waals surface area contributed by atoms with Gasteiger partial charge in [0, 0.05) is 6.54 Å². The van der Waals surface area contributed by atoms with Crippen molar-refractivity contribution in [3.63, 3.8) is 0 Å². The summed E-state index contributed by atoms with van der Waals surface area (Å²) in [5, 5.41) is 0. The molecule has 0 spiro atoms. The van der Waals surface area contributed by atoms with Crippen LogP contribution in [-0.4, -0.2) is 9.55 Å². The summed E-state index contributed by atoms with van der Waals surface area (Å²) >= 11 is 0. The molecule has 3 nitrogen and oxygen atoms in total. The second-order valence-electron chi connectivity index (χ2n) is 6.69. The number of rotatable bonds is 5. The van der Waals surface area contributed by atoms with E-state index < -0.39 is 0 Å². The SMILES string of the molecule is Cc1ccc(Cn2c(COc3cccc(C)c3)nc3ccccc32)cc1. The molecule has 1 aromatic heterocycles. The highest BCUT2D eigenvalue weighted by Gasteiger charge is 2.11. The van der Waals surface area contributed by atoms with Gasteiger partial charge in [-0.25, -0.2) is 4.98 Å². The van der Waals surface area contributed by atoms with E-state index in [4.69, 9.17) is 9.72 Å². The zero-order valence-corrected chi connectivity index (χ0v) is 15.1. The lowest BCUT2D eigenvalue weighted by atomic mass is 10.1. The highest BCUT2D eigenvalue weighted by molar-refractivity contribution is 5.76. The van der Waals surface area contributed by atoms with Crippen LogP contribution in [0, 0.1) is 13.8 Å². The molecule has 4 aromatic rings. The standard InChI is InChI=1S/C23H22N2O/c1-17-10-12-19(13-11-17)15-25-22-9-4-3-8-21(22)24-23(25)16-26-20-7-5-6-18(2)14-20/h3-14H,15-16H2,1-2H3. The van der Waals surface area contributed by atoms with E-state index in [0.29, 0.717) is 6.61 Å². The number of hydrogen-bond donors (Lipinski definition) is 0. The molecule has 4 rings (SSSR count). The number of hydrogen-bond acceptors (Lipinski definition) is 2. The third-order valence-electron chi connectivity index (χ3n) is 4.55. The first kappa shape index (κ1) is 16.4. The smallest absolute Gasteiger partial charge is 0.148 e. The van der Waals surface area contributed by atoms with Crippen LogP contribution in [0.2, 0.25) is 0 Å². The number of fused-ring (bicyclic) bond motifs is 1. The topological polar surface area (TPSA) is 27.1 Å². The van der Waals surface area contributed by atoms with Gasteiger partial charge in [0.2, 0.25) is 0 Å². The number of para-hydroxylation sites is 2. The van der Waals surface area contributed by atoms with E-state index in [0.717, 1.165) is 29.2 Å². The number of aromatic nitrogens is 2. The molecular formula is C23H22N2O. The fraction of sp³-hybridized carbons (Fsp3) is 0.174.